The van der Waals surface area contributed by atoms with Crippen molar-refractivity contribution < 1.29 is 58.2 Å². The first-order chi connectivity index (χ1) is 34.6. The minimum absolute atomic E-state index is 0.0684. The van der Waals surface area contributed by atoms with Gasteiger partial charge in [0.15, 0.2) is 24.6 Å². The summed E-state index contributed by atoms with van der Waals surface area (Å²) in [6.45, 7) is 5.99. The lowest BCUT2D eigenvalue weighted by molar-refractivity contribution is -0.301. The predicted octanol–water partition coefficient (Wildman–Crippen LogP) is 14.9. The Labute approximate surface area is 433 Å². The lowest BCUT2D eigenvalue weighted by Crippen LogP contribution is -2.61. The molecule has 12 heteroatoms. The van der Waals surface area contributed by atoms with E-state index in [0.717, 1.165) is 64.2 Å². The van der Waals surface area contributed by atoms with Crippen LogP contribution in [0.15, 0.2) is 12.2 Å². The highest BCUT2D eigenvalue weighted by molar-refractivity contribution is 5.74. The van der Waals surface area contributed by atoms with Crippen LogP contribution in [0.25, 0.3) is 0 Å². The zero-order valence-corrected chi connectivity index (χ0v) is 45.7. The van der Waals surface area contributed by atoms with Gasteiger partial charge in [-0.05, 0) is 44.9 Å². The molecule has 1 aliphatic rings. The largest absolute Gasteiger partial charge is 0.479 e. The zero-order chi connectivity index (χ0) is 51.8. The molecular formula is C59H108O12. The van der Waals surface area contributed by atoms with Crippen molar-refractivity contribution in [3.63, 3.8) is 0 Å². The molecule has 3 N–H and O–H groups in total. The Bertz CT molecular complexity index is 1290. The smallest absolute Gasteiger partial charge is 0.335 e. The van der Waals surface area contributed by atoms with E-state index in [0.29, 0.717) is 19.3 Å². The summed E-state index contributed by atoms with van der Waals surface area (Å²) in [5, 5.41) is 31.4. The monoisotopic (exact) mass is 1010 g/mol. The Morgan fingerprint density at radius 2 is 0.803 bits per heavy atom. The third-order valence-electron chi connectivity index (χ3n) is 13.8. The predicted molar refractivity (Wildman–Crippen MR) is 285 cm³/mol. The van der Waals surface area contributed by atoms with Gasteiger partial charge in [0.05, 0.1) is 6.61 Å². The van der Waals surface area contributed by atoms with Gasteiger partial charge < -0.3 is 39.0 Å². The maximum absolute atomic E-state index is 13.1. The standard InChI is InChI=1S/C59H108O12/c1-4-7-10-13-16-19-21-23-25-26-28-29-31-34-36-39-42-45-51(60)67-48-50(69-52(61)46-43-40-37-33-18-15-12-9-6-3)49-68-59-57(55(64)54(63)56(71-59)58(65)66)70-53(62)47-44-41-38-35-32-30-27-24-22-20-17-14-11-8-5-2/h23,25,50,54-57,59,63-64H,4-22,24,26-49H2,1-3H3,(H,65,66)/b25-23-. The number of carbonyl (C=O) groups excluding carboxylic acids is 3. The van der Waals surface area contributed by atoms with Gasteiger partial charge in [0.1, 0.15) is 18.8 Å². The number of esters is 3. The molecule has 0 amide bonds. The first-order valence-corrected chi connectivity index (χ1v) is 29.7. The molecule has 1 saturated heterocycles. The zero-order valence-electron chi connectivity index (χ0n) is 45.7. The second kappa shape index (κ2) is 48.4. The summed E-state index contributed by atoms with van der Waals surface area (Å²) in [5.41, 5.74) is 0. The maximum Gasteiger partial charge on any atom is 0.335 e. The first kappa shape index (κ1) is 66.5. The minimum atomic E-state index is -1.89. The minimum Gasteiger partial charge on any atom is -0.479 e. The summed E-state index contributed by atoms with van der Waals surface area (Å²) in [6, 6.07) is 0. The van der Waals surface area contributed by atoms with Crippen LogP contribution in [-0.4, -0.2) is 89.2 Å². The lowest BCUT2D eigenvalue weighted by Gasteiger charge is -2.40. The molecule has 0 aliphatic carbocycles. The molecule has 0 radical (unpaired) electrons. The van der Waals surface area contributed by atoms with E-state index in [2.05, 4.69) is 32.9 Å². The highest BCUT2D eigenvalue weighted by atomic mass is 16.7. The van der Waals surface area contributed by atoms with Crippen molar-refractivity contribution >= 4 is 23.9 Å². The highest BCUT2D eigenvalue weighted by Crippen LogP contribution is 2.27. The van der Waals surface area contributed by atoms with Gasteiger partial charge in [0.2, 0.25) is 0 Å². The SMILES string of the molecule is CCCCCCCC/C=C\CCCCCCCCCC(=O)OCC(COC1OC(C(=O)O)C(O)C(O)C1OC(=O)CCCCCCCCCCCCCCCCC)OC(=O)CCCCCCCCCCC. The van der Waals surface area contributed by atoms with Crippen molar-refractivity contribution in [2.45, 2.75) is 327 Å². The van der Waals surface area contributed by atoms with Crippen LogP contribution in [0, 0.1) is 0 Å². The van der Waals surface area contributed by atoms with Gasteiger partial charge in [-0.15, -0.1) is 0 Å². The van der Waals surface area contributed by atoms with Gasteiger partial charge in [-0.3, -0.25) is 14.4 Å². The van der Waals surface area contributed by atoms with Gasteiger partial charge >= 0.3 is 23.9 Å². The molecule has 416 valence electrons. The number of ether oxygens (including phenoxy) is 5. The normalized spacial score (nSPS) is 18.5. The van der Waals surface area contributed by atoms with Crippen LogP contribution in [0.1, 0.15) is 290 Å². The Morgan fingerprint density at radius 3 is 1.20 bits per heavy atom. The van der Waals surface area contributed by atoms with Crippen LogP contribution >= 0.6 is 0 Å². The first-order valence-electron chi connectivity index (χ1n) is 29.7. The van der Waals surface area contributed by atoms with E-state index in [1.54, 1.807) is 0 Å². The Balaban J connectivity index is 2.63. The molecule has 0 aromatic heterocycles. The van der Waals surface area contributed by atoms with Crippen molar-refractivity contribution in [1.29, 1.82) is 0 Å². The van der Waals surface area contributed by atoms with Crippen LogP contribution < -0.4 is 0 Å². The number of allylic oxidation sites excluding steroid dienone is 2. The van der Waals surface area contributed by atoms with Gasteiger partial charge in [0, 0.05) is 19.3 Å². The fourth-order valence-electron chi connectivity index (χ4n) is 9.25. The van der Waals surface area contributed by atoms with E-state index in [1.165, 1.54) is 167 Å². The van der Waals surface area contributed by atoms with Crippen molar-refractivity contribution in [3.05, 3.63) is 12.2 Å². The number of aliphatic hydroxyl groups is 2. The molecule has 0 aromatic rings. The van der Waals surface area contributed by atoms with Crippen LogP contribution in [0.5, 0.6) is 0 Å². The van der Waals surface area contributed by atoms with E-state index in [1.807, 2.05) is 0 Å². The van der Waals surface area contributed by atoms with Crippen molar-refractivity contribution in [2.75, 3.05) is 13.2 Å². The summed E-state index contributed by atoms with van der Waals surface area (Å²) < 4.78 is 28.4. The molecule has 0 aromatic carbocycles. The number of aliphatic carboxylic acids is 1. The Morgan fingerprint density at radius 1 is 0.451 bits per heavy atom. The fraction of sp³-hybridized carbons (Fsp3) is 0.898. The third kappa shape index (κ3) is 38.7. The molecule has 6 unspecified atom stereocenters. The fourth-order valence-corrected chi connectivity index (χ4v) is 9.25. The van der Waals surface area contributed by atoms with E-state index < -0.39 is 67.3 Å². The molecule has 1 fully saturated rings. The Hall–Kier alpha value is -2.54. The van der Waals surface area contributed by atoms with E-state index >= 15 is 0 Å². The molecular weight excluding hydrogens is 901 g/mol. The molecule has 6 atom stereocenters. The number of carboxylic acids is 1. The lowest BCUT2D eigenvalue weighted by atomic mass is 9.98. The van der Waals surface area contributed by atoms with Crippen molar-refractivity contribution in [3.8, 4) is 0 Å². The number of carbonyl (C=O) groups is 4. The van der Waals surface area contributed by atoms with Gasteiger partial charge in [-0.2, -0.15) is 0 Å². The molecule has 0 saturated carbocycles. The summed E-state index contributed by atoms with van der Waals surface area (Å²) in [6.07, 6.45) is 40.5. The molecule has 1 rings (SSSR count). The van der Waals surface area contributed by atoms with E-state index in [-0.39, 0.29) is 25.9 Å². The average Bonchev–Trinajstić information content (AvgIpc) is 3.35. The average molecular weight is 1010 g/mol. The number of carboxylic acid groups (broad SMARTS) is 1. The molecule has 1 heterocycles. The topological polar surface area (TPSA) is 175 Å². The third-order valence-corrected chi connectivity index (χ3v) is 13.8. The van der Waals surface area contributed by atoms with Crippen LogP contribution in [0.2, 0.25) is 0 Å². The quantitative estimate of drug-likeness (QED) is 0.0228. The summed E-state index contributed by atoms with van der Waals surface area (Å²) >= 11 is 0. The number of hydrogen-bond donors (Lipinski definition) is 3. The second-order valence-electron chi connectivity index (χ2n) is 20.6. The summed E-state index contributed by atoms with van der Waals surface area (Å²) in [7, 11) is 0. The molecule has 0 spiro atoms. The van der Waals surface area contributed by atoms with Crippen molar-refractivity contribution in [2.24, 2.45) is 0 Å². The summed E-state index contributed by atoms with van der Waals surface area (Å²) in [5.74, 6) is -3.09. The van der Waals surface area contributed by atoms with Crippen LogP contribution in [-0.2, 0) is 42.9 Å². The Kier molecular flexibility index (Phi) is 45.3. The summed E-state index contributed by atoms with van der Waals surface area (Å²) in [4.78, 5) is 51.0. The van der Waals surface area contributed by atoms with Crippen LogP contribution in [0.4, 0.5) is 0 Å². The van der Waals surface area contributed by atoms with E-state index in [4.69, 9.17) is 23.7 Å². The number of rotatable bonds is 51. The number of aliphatic hydroxyl groups excluding tert-OH is 2. The molecule has 1 aliphatic heterocycles. The number of hydrogen-bond acceptors (Lipinski definition) is 11. The maximum atomic E-state index is 13.1. The van der Waals surface area contributed by atoms with Gasteiger partial charge in [0.25, 0.3) is 0 Å². The molecule has 12 nitrogen and oxygen atoms in total. The molecule has 0 bridgehead atoms. The van der Waals surface area contributed by atoms with Gasteiger partial charge in [-0.1, -0.05) is 238 Å². The van der Waals surface area contributed by atoms with Crippen LogP contribution in [0.3, 0.4) is 0 Å². The number of unbranched alkanes of at least 4 members (excludes halogenated alkanes) is 35. The van der Waals surface area contributed by atoms with Gasteiger partial charge in [-0.25, -0.2) is 4.79 Å². The molecule has 71 heavy (non-hydrogen) atoms. The highest BCUT2D eigenvalue weighted by Gasteiger charge is 2.50. The van der Waals surface area contributed by atoms with Crippen molar-refractivity contribution in [1.82, 2.24) is 0 Å². The second-order valence-corrected chi connectivity index (χ2v) is 20.6. The van der Waals surface area contributed by atoms with E-state index in [9.17, 15) is 34.5 Å².